The van der Waals surface area contributed by atoms with Crippen LogP contribution >= 0.6 is 0 Å². The zero-order chi connectivity index (χ0) is 37.5. The van der Waals surface area contributed by atoms with Crippen molar-refractivity contribution < 1.29 is 0 Å². The minimum Gasteiger partial charge on any atom is -0.0622 e. The molecular weight excluding hydrogens is 685 g/mol. The minimum absolute atomic E-state index is 0.0489. The Morgan fingerprint density at radius 3 is 1.75 bits per heavy atom. The van der Waals surface area contributed by atoms with Crippen LogP contribution in [-0.2, 0) is 12.8 Å². The van der Waals surface area contributed by atoms with Crippen LogP contribution in [0.1, 0.15) is 44.9 Å². The van der Waals surface area contributed by atoms with E-state index < -0.39 is 0 Å². The molecule has 0 nitrogen and oxygen atoms in total. The second kappa shape index (κ2) is 12.8. The lowest BCUT2D eigenvalue weighted by Gasteiger charge is -2.23. The third kappa shape index (κ3) is 5.07. The fourth-order valence-corrected chi connectivity index (χ4v) is 10.3. The molecule has 0 heterocycles. The highest BCUT2D eigenvalue weighted by molar-refractivity contribution is 6.10. The van der Waals surface area contributed by atoms with Gasteiger partial charge in [-0.05, 0) is 141 Å². The molecule has 0 saturated heterocycles. The van der Waals surface area contributed by atoms with E-state index >= 15 is 0 Å². The lowest BCUT2D eigenvalue weighted by molar-refractivity contribution is 0.987. The second-order valence-electron chi connectivity index (χ2n) is 15.9. The smallest absolute Gasteiger partial charge is 0.0346 e. The molecule has 12 rings (SSSR count). The largest absolute Gasteiger partial charge is 0.0622 e. The third-order valence-electron chi connectivity index (χ3n) is 12.9. The maximum absolute atomic E-state index is 2.54. The van der Waals surface area contributed by atoms with E-state index in [1.807, 2.05) is 0 Å². The molecule has 0 aliphatic heterocycles. The molecule has 0 spiro atoms. The average Bonchev–Trinajstić information content (AvgIpc) is 3.84. The molecule has 1 atom stereocenters. The predicted molar refractivity (Wildman–Crippen MR) is 240 cm³/mol. The predicted octanol–water partition coefficient (Wildman–Crippen LogP) is 14.8. The summed E-state index contributed by atoms with van der Waals surface area (Å²) in [6.45, 7) is 0. The summed E-state index contributed by atoms with van der Waals surface area (Å²) in [5.74, 6) is 0.0489. The van der Waals surface area contributed by atoms with Gasteiger partial charge in [0.05, 0.1) is 0 Å². The number of fused-ring (bicyclic) bond motifs is 10. The van der Waals surface area contributed by atoms with Gasteiger partial charge in [0.15, 0.2) is 0 Å². The van der Waals surface area contributed by atoms with Crippen molar-refractivity contribution in [2.24, 2.45) is 0 Å². The first-order chi connectivity index (χ1) is 28.3. The highest BCUT2D eigenvalue weighted by Crippen LogP contribution is 2.50. The molecule has 0 heteroatoms. The molecule has 0 saturated carbocycles. The number of rotatable bonds is 5. The fraction of sp³-hybridized carbons (Fsp3) is 0.0526. The number of hydrogen-bond acceptors (Lipinski definition) is 0. The fourth-order valence-electron chi connectivity index (χ4n) is 10.3. The first kappa shape index (κ1) is 32.2. The van der Waals surface area contributed by atoms with Crippen LogP contribution in [0.25, 0.3) is 76.8 Å². The Balaban J connectivity index is 1.04. The molecule has 1 unspecified atom stereocenters. The molecule has 10 aromatic carbocycles. The van der Waals surface area contributed by atoms with Gasteiger partial charge in [-0.2, -0.15) is 0 Å². The second-order valence-corrected chi connectivity index (χ2v) is 15.9. The van der Waals surface area contributed by atoms with Gasteiger partial charge in [0.25, 0.3) is 0 Å². The van der Waals surface area contributed by atoms with E-state index in [1.54, 1.807) is 0 Å². The van der Waals surface area contributed by atoms with Gasteiger partial charge in [-0.1, -0.05) is 188 Å². The van der Waals surface area contributed by atoms with Crippen molar-refractivity contribution in [3.05, 3.63) is 239 Å². The van der Waals surface area contributed by atoms with Gasteiger partial charge >= 0.3 is 0 Å². The Kier molecular flexibility index (Phi) is 7.22. The van der Waals surface area contributed by atoms with E-state index in [1.165, 1.54) is 116 Å². The van der Waals surface area contributed by atoms with Crippen LogP contribution in [0.4, 0.5) is 0 Å². The van der Waals surface area contributed by atoms with E-state index in [0.717, 1.165) is 12.8 Å². The summed E-state index contributed by atoms with van der Waals surface area (Å²) in [6, 6.07) is 75.1. The first-order valence-electron chi connectivity index (χ1n) is 20.2. The van der Waals surface area contributed by atoms with E-state index in [-0.39, 0.29) is 5.92 Å². The molecular formula is C57H38. The third-order valence-corrected chi connectivity index (χ3v) is 12.9. The molecule has 266 valence electrons. The number of benzene rings is 10. The molecule has 0 N–H and O–H groups in total. The Morgan fingerprint density at radius 2 is 0.912 bits per heavy atom. The highest BCUT2D eigenvalue weighted by atomic mass is 14.3. The van der Waals surface area contributed by atoms with E-state index in [9.17, 15) is 0 Å². The van der Waals surface area contributed by atoms with Crippen LogP contribution in [0.15, 0.2) is 200 Å². The van der Waals surface area contributed by atoms with Crippen molar-refractivity contribution in [2.75, 3.05) is 0 Å². The summed E-state index contributed by atoms with van der Waals surface area (Å²) in [5, 5.41) is 7.83. The normalized spacial score (nSPS) is 13.1. The SMILES string of the molecule is c1ccc(-c2ccc(C(c3ccc4c(c3)Cc3c-4cc4ccccc4c3-c3cccc4c3Cc3ccccc3-4)c3cc4ccccc4c4ccccc34)cc2)cc1. The molecule has 0 aromatic heterocycles. The first-order valence-corrected chi connectivity index (χ1v) is 20.2. The van der Waals surface area contributed by atoms with Crippen LogP contribution in [-0.4, -0.2) is 0 Å². The van der Waals surface area contributed by atoms with Crippen molar-refractivity contribution in [1.82, 2.24) is 0 Å². The standard InChI is InChI=1S/C57H38/c1-2-13-36(14-3-1)37-25-27-38(28-26-37)56(54-34-40-16-5-7-18-44(40)48-21-10-11-22-50(48)54)42-29-30-46-43(31-42)35-55-52(46)33-41-17-6-9-20-47(41)57(55)51-24-12-23-49-45-19-8-4-15-39(45)32-53(49)51/h1-31,33-34,56H,32,35H2. The molecule has 2 aliphatic carbocycles. The van der Waals surface area contributed by atoms with Crippen LogP contribution in [0, 0.1) is 0 Å². The highest BCUT2D eigenvalue weighted by Gasteiger charge is 2.29. The number of hydrogen-bond donors (Lipinski definition) is 0. The van der Waals surface area contributed by atoms with E-state index in [4.69, 9.17) is 0 Å². The van der Waals surface area contributed by atoms with E-state index in [0.29, 0.717) is 0 Å². The molecule has 0 radical (unpaired) electrons. The van der Waals surface area contributed by atoms with Crippen molar-refractivity contribution in [1.29, 1.82) is 0 Å². The lowest BCUT2D eigenvalue weighted by atomic mass is 9.80. The quantitative estimate of drug-likeness (QED) is 0.123. The Bertz CT molecular complexity index is 3220. The van der Waals surface area contributed by atoms with Gasteiger partial charge in [0.1, 0.15) is 0 Å². The van der Waals surface area contributed by atoms with Gasteiger partial charge in [-0.15, -0.1) is 0 Å². The minimum atomic E-state index is 0.0489. The summed E-state index contributed by atoms with van der Waals surface area (Å²) in [4.78, 5) is 0. The van der Waals surface area contributed by atoms with Crippen molar-refractivity contribution in [3.63, 3.8) is 0 Å². The molecule has 57 heavy (non-hydrogen) atoms. The van der Waals surface area contributed by atoms with E-state index in [2.05, 4.69) is 200 Å². The summed E-state index contributed by atoms with van der Waals surface area (Å²) in [5.41, 5.74) is 20.5. The lowest BCUT2D eigenvalue weighted by Crippen LogP contribution is -2.05. The van der Waals surface area contributed by atoms with Gasteiger partial charge < -0.3 is 0 Å². The zero-order valence-electron chi connectivity index (χ0n) is 31.5. The molecule has 2 aliphatic rings. The Labute approximate surface area is 333 Å². The van der Waals surface area contributed by atoms with Crippen molar-refractivity contribution in [3.8, 4) is 44.5 Å². The Hall–Kier alpha value is -7.02. The van der Waals surface area contributed by atoms with Gasteiger partial charge in [-0.3, -0.25) is 0 Å². The summed E-state index contributed by atoms with van der Waals surface area (Å²) >= 11 is 0. The topological polar surface area (TPSA) is 0 Å². The maximum Gasteiger partial charge on any atom is 0.0346 e. The summed E-state index contributed by atoms with van der Waals surface area (Å²) < 4.78 is 0. The average molecular weight is 723 g/mol. The Morgan fingerprint density at radius 1 is 0.316 bits per heavy atom. The monoisotopic (exact) mass is 722 g/mol. The molecule has 0 amide bonds. The molecule has 0 bridgehead atoms. The van der Waals surface area contributed by atoms with Crippen LogP contribution in [0.3, 0.4) is 0 Å². The van der Waals surface area contributed by atoms with Crippen molar-refractivity contribution in [2.45, 2.75) is 18.8 Å². The zero-order valence-corrected chi connectivity index (χ0v) is 31.5. The molecule has 0 fully saturated rings. The van der Waals surface area contributed by atoms with Crippen LogP contribution in [0.5, 0.6) is 0 Å². The van der Waals surface area contributed by atoms with Crippen LogP contribution in [0.2, 0.25) is 0 Å². The summed E-state index contributed by atoms with van der Waals surface area (Å²) in [7, 11) is 0. The van der Waals surface area contributed by atoms with Gasteiger partial charge in [0.2, 0.25) is 0 Å². The maximum atomic E-state index is 2.54. The van der Waals surface area contributed by atoms with Crippen molar-refractivity contribution >= 4 is 32.3 Å². The van der Waals surface area contributed by atoms with Gasteiger partial charge in [-0.25, -0.2) is 0 Å². The van der Waals surface area contributed by atoms with Crippen LogP contribution < -0.4 is 0 Å². The molecule has 10 aromatic rings. The summed E-state index contributed by atoms with van der Waals surface area (Å²) in [6.07, 6.45) is 1.88. The van der Waals surface area contributed by atoms with Gasteiger partial charge in [0, 0.05) is 5.92 Å².